The molecule has 2 fully saturated rings. The summed E-state index contributed by atoms with van der Waals surface area (Å²) in [7, 11) is 0. The second-order valence-electron chi connectivity index (χ2n) is 7.44. The lowest BCUT2D eigenvalue weighted by Gasteiger charge is -2.32. The van der Waals surface area contributed by atoms with Crippen molar-refractivity contribution in [3.05, 3.63) is 36.0 Å². The number of hydrogen-bond donors (Lipinski definition) is 2. The molecule has 2 N–H and O–H groups in total. The first kappa shape index (κ1) is 20.7. The van der Waals surface area contributed by atoms with Crippen LogP contribution in [0.2, 0.25) is 0 Å². The molecule has 1 atom stereocenters. The van der Waals surface area contributed by atoms with Crippen molar-refractivity contribution < 1.29 is 23.0 Å². The Morgan fingerprint density at radius 2 is 1.80 bits per heavy atom. The van der Waals surface area contributed by atoms with E-state index in [9.17, 15) is 18.3 Å². The highest BCUT2D eigenvalue weighted by molar-refractivity contribution is 5.61. The maximum Gasteiger partial charge on any atom is 0.421 e. The first-order chi connectivity index (χ1) is 14.4. The van der Waals surface area contributed by atoms with Crippen LogP contribution in [-0.4, -0.2) is 60.6 Å². The number of hydrogen-bond acceptors (Lipinski definition) is 7. The fraction of sp³-hybridized carbons (Fsp3) is 0.500. The van der Waals surface area contributed by atoms with Gasteiger partial charge in [0.25, 0.3) is 0 Å². The van der Waals surface area contributed by atoms with Gasteiger partial charge in [-0.15, -0.1) is 0 Å². The van der Waals surface area contributed by atoms with Crippen LogP contribution in [0.25, 0.3) is 0 Å². The summed E-state index contributed by atoms with van der Waals surface area (Å²) in [6, 6.07) is 7.47. The Kier molecular flexibility index (Phi) is 5.96. The van der Waals surface area contributed by atoms with E-state index in [1.54, 1.807) is 4.90 Å². The van der Waals surface area contributed by atoms with Crippen LogP contribution in [0.3, 0.4) is 0 Å². The Balaban J connectivity index is 1.52. The van der Waals surface area contributed by atoms with Crippen molar-refractivity contribution in [3.63, 3.8) is 0 Å². The number of nitrogens with zero attached hydrogens (tertiary/aromatic N) is 4. The van der Waals surface area contributed by atoms with E-state index < -0.39 is 11.7 Å². The van der Waals surface area contributed by atoms with Crippen LogP contribution in [0.5, 0.6) is 0 Å². The van der Waals surface area contributed by atoms with Crippen LogP contribution in [0.1, 0.15) is 18.4 Å². The largest absolute Gasteiger partial charge is 0.421 e. The van der Waals surface area contributed by atoms with Crippen molar-refractivity contribution in [1.82, 2.24) is 9.97 Å². The van der Waals surface area contributed by atoms with Crippen LogP contribution < -0.4 is 15.1 Å². The Bertz CT molecular complexity index is 857. The monoisotopic (exact) mass is 423 g/mol. The van der Waals surface area contributed by atoms with Gasteiger partial charge < -0.3 is 25.0 Å². The molecule has 30 heavy (non-hydrogen) atoms. The predicted molar refractivity (Wildman–Crippen MR) is 107 cm³/mol. The van der Waals surface area contributed by atoms with Crippen molar-refractivity contribution in [3.8, 4) is 0 Å². The lowest BCUT2D eigenvalue weighted by atomic mass is 10.1. The fourth-order valence-electron chi connectivity index (χ4n) is 3.72. The average molecular weight is 423 g/mol. The van der Waals surface area contributed by atoms with Crippen LogP contribution >= 0.6 is 0 Å². The molecule has 0 radical (unpaired) electrons. The summed E-state index contributed by atoms with van der Waals surface area (Å²) < 4.78 is 45.5. The zero-order valence-electron chi connectivity index (χ0n) is 16.4. The first-order valence-corrected chi connectivity index (χ1v) is 9.97. The van der Waals surface area contributed by atoms with E-state index in [1.807, 2.05) is 24.3 Å². The highest BCUT2D eigenvalue weighted by Crippen LogP contribution is 2.36. The number of piperidine rings is 1. The molecule has 2 saturated heterocycles. The number of aliphatic hydroxyl groups excluding tert-OH is 1. The quantitative estimate of drug-likeness (QED) is 0.783. The summed E-state index contributed by atoms with van der Waals surface area (Å²) >= 11 is 0. The molecule has 0 saturated carbocycles. The molecule has 2 aliphatic rings. The van der Waals surface area contributed by atoms with Gasteiger partial charge in [-0.1, -0.05) is 0 Å². The number of morpholine rings is 1. The lowest BCUT2D eigenvalue weighted by molar-refractivity contribution is -0.137. The van der Waals surface area contributed by atoms with E-state index in [-0.39, 0.29) is 17.9 Å². The Morgan fingerprint density at radius 1 is 1.07 bits per heavy atom. The first-order valence-electron chi connectivity index (χ1n) is 9.97. The number of aromatic nitrogens is 2. The average Bonchev–Trinajstić information content (AvgIpc) is 2.74. The second-order valence-corrected chi connectivity index (χ2v) is 7.44. The highest BCUT2D eigenvalue weighted by Gasteiger charge is 2.37. The standard InChI is InChI=1S/C20H24F3N5O2/c21-20(22,23)17-12-24-19(26-18(17)27-8-10-30-11-9-27)25-14-3-5-15(6-4-14)28-7-1-2-16(29)13-28/h3-6,12,16,29H,1-2,7-11,13H2,(H,24,25,26)/t16-/m0/s1. The summed E-state index contributed by atoms with van der Waals surface area (Å²) in [5, 5.41) is 12.8. The molecule has 0 amide bonds. The predicted octanol–water partition coefficient (Wildman–Crippen LogP) is 3.04. The maximum absolute atomic E-state index is 13.4. The number of ether oxygens (including phenoxy) is 1. The van der Waals surface area contributed by atoms with E-state index in [0.717, 1.165) is 31.3 Å². The van der Waals surface area contributed by atoms with E-state index in [0.29, 0.717) is 38.5 Å². The van der Waals surface area contributed by atoms with Gasteiger partial charge >= 0.3 is 6.18 Å². The molecule has 3 heterocycles. The minimum Gasteiger partial charge on any atom is -0.391 e. The third kappa shape index (κ3) is 4.76. The normalized spacial score (nSPS) is 20.3. The molecule has 0 bridgehead atoms. The number of anilines is 4. The molecular formula is C20H24F3N5O2. The van der Waals surface area contributed by atoms with Crippen LogP contribution in [0.15, 0.2) is 30.5 Å². The molecule has 0 spiro atoms. The van der Waals surface area contributed by atoms with Crippen molar-refractivity contribution in [2.75, 3.05) is 54.5 Å². The molecular weight excluding hydrogens is 399 g/mol. The van der Waals surface area contributed by atoms with Crippen LogP contribution in [0.4, 0.5) is 36.3 Å². The number of alkyl halides is 3. The summed E-state index contributed by atoms with van der Waals surface area (Å²) in [6.45, 7) is 2.88. The van der Waals surface area contributed by atoms with E-state index >= 15 is 0 Å². The lowest BCUT2D eigenvalue weighted by Crippen LogP contribution is -2.38. The van der Waals surface area contributed by atoms with Gasteiger partial charge in [-0.2, -0.15) is 18.2 Å². The fourth-order valence-corrected chi connectivity index (χ4v) is 3.72. The maximum atomic E-state index is 13.4. The molecule has 0 unspecified atom stereocenters. The van der Waals surface area contributed by atoms with Gasteiger partial charge in [-0.05, 0) is 37.1 Å². The number of β-amino-alcohol motifs (C(OH)–C–C–N with tert-alkyl or cyclic N) is 1. The van der Waals surface area contributed by atoms with Crippen molar-refractivity contribution in [2.45, 2.75) is 25.1 Å². The molecule has 1 aromatic carbocycles. The van der Waals surface area contributed by atoms with Crippen molar-refractivity contribution in [1.29, 1.82) is 0 Å². The molecule has 162 valence electrons. The van der Waals surface area contributed by atoms with Gasteiger partial charge in [0, 0.05) is 43.8 Å². The van der Waals surface area contributed by atoms with Crippen LogP contribution in [0, 0.1) is 0 Å². The molecule has 2 aromatic rings. The second kappa shape index (κ2) is 8.65. The molecule has 7 nitrogen and oxygen atoms in total. The molecule has 4 rings (SSSR count). The minimum absolute atomic E-state index is 0.102. The number of rotatable bonds is 4. The molecule has 1 aromatic heterocycles. The number of halogens is 3. The Labute approximate surface area is 172 Å². The van der Waals surface area contributed by atoms with Crippen molar-refractivity contribution in [2.24, 2.45) is 0 Å². The summed E-state index contributed by atoms with van der Waals surface area (Å²) in [5.41, 5.74) is 0.805. The van der Waals surface area contributed by atoms with Gasteiger partial charge in [0.05, 0.1) is 19.3 Å². The third-order valence-electron chi connectivity index (χ3n) is 5.27. The van der Waals surface area contributed by atoms with E-state index in [1.165, 1.54) is 0 Å². The molecule has 2 aliphatic heterocycles. The Morgan fingerprint density at radius 3 is 2.47 bits per heavy atom. The van der Waals surface area contributed by atoms with Gasteiger partial charge in [0.2, 0.25) is 5.95 Å². The summed E-state index contributed by atoms with van der Waals surface area (Å²) in [4.78, 5) is 11.7. The minimum atomic E-state index is -4.53. The molecule has 10 heteroatoms. The van der Waals surface area contributed by atoms with Gasteiger partial charge in [-0.25, -0.2) is 4.98 Å². The number of aliphatic hydroxyl groups is 1. The third-order valence-corrected chi connectivity index (χ3v) is 5.27. The van der Waals surface area contributed by atoms with E-state index in [4.69, 9.17) is 4.74 Å². The van der Waals surface area contributed by atoms with Crippen molar-refractivity contribution >= 4 is 23.1 Å². The van der Waals surface area contributed by atoms with E-state index in [2.05, 4.69) is 20.2 Å². The SMILES string of the molecule is O[C@H]1CCCN(c2ccc(Nc3ncc(C(F)(F)F)c(N4CCOCC4)n3)cc2)C1. The van der Waals surface area contributed by atoms with Crippen LogP contribution in [-0.2, 0) is 10.9 Å². The zero-order valence-corrected chi connectivity index (χ0v) is 16.4. The number of nitrogens with one attached hydrogen (secondary N) is 1. The van der Waals surface area contributed by atoms with Gasteiger partial charge in [0.1, 0.15) is 11.4 Å². The van der Waals surface area contributed by atoms with Gasteiger partial charge in [-0.3, -0.25) is 0 Å². The summed E-state index contributed by atoms with van der Waals surface area (Å²) in [6.07, 6.45) is -2.29. The smallest absolute Gasteiger partial charge is 0.391 e. The topological polar surface area (TPSA) is 73.8 Å². The Hall–Kier alpha value is -2.59. The summed E-state index contributed by atoms with van der Waals surface area (Å²) in [5.74, 6) is -0.0344. The molecule has 0 aliphatic carbocycles. The van der Waals surface area contributed by atoms with Gasteiger partial charge in [0.15, 0.2) is 0 Å². The zero-order chi connectivity index (χ0) is 21.1. The number of benzene rings is 1. The highest BCUT2D eigenvalue weighted by atomic mass is 19.4.